The van der Waals surface area contributed by atoms with E-state index in [1.165, 1.54) is 4.88 Å². The summed E-state index contributed by atoms with van der Waals surface area (Å²) in [6, 6.07) is 7.69. The highest BCUT2D eigenvalue weighted by atomic mass is 32.1. The molecular weight excluding hydrogens is 218 g/mol. The van der Waals surface area contributed by atoms with E-state index in [1.807, 2.05) is 32.2 Å². The van der Waals surface area contributed by atoms with Crippen molar-refractivity contribution in [3.05, 3.63) is 40.4 Å². The lowest BCUT2D eigenvalue weighted by molar-refractivity contribution is 1.34. The van der Waals surface area contributed by atoms with E-state index in [4.69, 9.17) is 5.26 Å². The molecule has 3 nitrogen and oxygen atoms in total. The van der Waals surface area contributed by atoms with Crippen molar-refractivity contribution in [2.24, 2.45) is 0 Å². The minimum Gasteiger partial charge on any atom is -0.331 e. The number of hydrogen-bond acceptors (Lipinski definition) is 4. The molecule has 4 heteroatoms. The lowest BCUT2D eigenvalue weighted by atomic mass is 10.1. The molecule has 2 rings (SSSR count). The van der Waals surface area contributed by atoms with E-state index in [-0.39, 0.29) is 0 Å². The smallest absolute Gasteiger partial charge is 0.187 e. The molecule has 1 N–H and O–H groups in total. The molecule has 0 aliphatic rings. The van der Waals surface area contributed by atoms with Crippen molar-refractivity contribution in [1.29, 1.82) is 5.26 Å². The molecule has 0 bridgehead atoms. The third kappa shape index (κ3) is 2.20. The fourth-order valence-corrected chi connectivity index (χ4v) is 2.08. The molecule has 0 aliphatic carbocycles. The zero-order valence-corrected chi connectivity index (χ0v) is 9.93. The summed E-state index contributed by atoms with van der Waals surface area (Å²) < 4.78 is 0. The zero-order valence-electron chi connectivity index (χ0n) is 9.11. The van der Waals surface area contributed by atoms with Gasteiger partial charge in [0.1, 0.15) is 0 Å². The highest BCUT2D eigenvalue weighted by molar-refractivity contribution is 7.15. The van der Waals surface area contributed by atoms with E-state index < -0.39 is 0 Å². The topological polar surface area (TPSA) is 48.7 Å². The summed E-state index contributed by atoms with van der Waals surface area (Å²) >= 11 is 1.61. The molecule has 2 aromatic rings. The number of anilines is 2. The Bertz CT molecular complexity index is 552. The molecule has 0 atom stereocenters. The Balaban J connectivity index is 2.26. The summed E-state index contributed by atoms with van der Waals surface area (Å²) in [7, 11) is 0. The second-order valence-corrected chi connectivity index (χ2v) is 4.78. The monoisotopic (exact) mass is 229 g/mol. The number of nitriles is 1. The molecule has 1 aromatic carbocycles. The lowest BCUT2D eigenvalue weighted by Crippen LogP contribution is -1.92. The summed E-state index contributed by atoms with van der Waals surface area (Å²) in [6.07, 6.45) is 1.84. The van der Waals surface area contributed by atoms with Crippen LogP contribution in [-0.2, 0) is 0 Å². The number of thiazole rings is 1. The number of nitrogens with zero attached hydrogens (tertiary/aromatic N) is 2. The molecule has 0 unspecified atom stereocenters. The molecule has 0 spiro atoms. The first-order valence-electron chi connectivity index (χ1n) is 4.89. The second-order valence-electron chi connectivity index (χ2n) is 3.54. The van der Waals surface area contributed by atoms with Gasteiger partial charge in [-0.15, -0.1) is 11.3 Å². The van der Waals surface area contributed by atoms with E-state index in [0.29, 0.717) is 5.56 Å². The number of hydrogen-bond donors (Lipinski definition) is 1. The molecule has 0 aliphatic heterocycles. The number of rotatable bonds is 2. The Hall–Kier alpha value is -1.86. The highest BCUT2D eigenvalue weighted by Gasteiger charge is 2.02. The highest BCUT2D eigenvalue weighted by Crippen LogP contribution is 2.24. The van der Waals surface area contributed by atoms with Crippen LogP contribution in [0.4, 0.5) is 10.8 Å². The van der Waals surface area contributed by atoms with Gasteiger partial charge in [0.2, 0.25) is 0 Å². The molecule has 0 saturated heterocycles. The Morgan fingerprint density at radius 1 is 1.38 bits per heavy atom. The summed E-state index contributed by atoms with van der Waals surface area (Å²) in [5.41, 5.74) is 2.72. The van der Waals surface area contributed by atoms with Gasteiger partial charge in [0.05, 0.1) is 11.6 Å². The predicted octanol–water partition coefficient (Wildman–Crippen LogP) is 3.38. The second kappa shape index (κ2) is 4.33. The van der Waals surface area contributed by atoms with Crippen LogP contribution in [0.25, 0.3) is 0 Å². The van der Waals surface area contributed by atoms with Crippen LogP contribution in [-0.4, -0.2) is 4.98 Å². The third-order valence-corrected chi connectivity index (χ3v) is 3.05. The summed E-state index contributed by atoms with van der Waals surface area (Å²) in [4.78, 5) is 5.41. The normalized spacial score (nSPS) is 9.81. The van der Waals surface area contributed by atoms with E-state index in [9.17, 15) is 0 Å². The van der Waals surface area contributed by atoms with E-state index in [2.05, 4.69) is 16.4 Å². The van der Waals surface area contributed by atoms with Crippen LogP contribution < -0.4 is 5.32 Å². The van der Waals surface area contributed by atoms with Crippen LogP contribution in [0.15, 0.2) is 24.4 Å². The summed E-state index contributed by atoms with van der Waals surface area (Å²) in [5, 5.41) is 12.9. The van der Waals surface area contributed by atoms with Gasteiger partial charge in [-0.05, 0) is 37.6 Å². The van der Waals surface area contributed by atoms with Gasteiger partial charge in [-0.25, -0.2) is 4.98 Å². The van der Waals surface area contributed by atoms with Crippen molar-refractivity contribution in [2.75, 3.05) is 5.32 Å². The number of nitrogens with one attached hydrogen (secondary N) is 1. The quantitative estimate of drug-likeness (QED) is 0.858. The van der Waals surface area contributed by atoms with Gasteiger partial charge in [-0.3, -0.25) is 0 Å². The maximum atomic E-state index is 8.77. The van der Waals surface area contributed by atoms with E-state index in [0.717, 1.165) is 16.4 Å². The van der Waals surface area contributed by atoms with Crippen LogP contribution in [0.3, 0.4) is 0 Å². The fourth-order valence-electron chi connectivity index (χ4n) is 1.40. The van der Waals surface area contributed by atoms with Crippen molar-refractivity contribution < 1.29 is 0 Å². The van der Waals surface area contributed by atoms with Crippen LogP contribution in [0, 0.1) is 25.2 Å². The van der Waals surface area contributed by atoms with Crippen molar-refractivity contribution >= 4 is 22.2 Å². The van der Waals surface area contributed by atoms with Crippen LogP contribution >= 0.6 is 11.3 Å². The van der Waals surface area contributed by atoms with Gasteiger partial charge in [0.25, 0.3) is 0 Å². The predicted molar refractivity (Wildman–Crippen MR) is 66.0 cm³/mol. The first-order valence-corrected chi connectivity index (χ1v) is 5.71. The molecular formula is C12H11N3S. The molecule has 0 fully saturated rings. The maximum Gasteiger partial charge on any atom is 0.187 e. The van der Waals surface area contributed by atoms with Crippen LogP contribution in [0.5, 0.6) is 0 Å². The van der Waals surface area contributed by atoms with Gasteiger partial charge >= 0.3 is 0 Å². The Kier molecular flexibility index (Phi) is 2.88. The molecule has 80 valence electrons. The number of benzene rings is 1. The van der Waals surface area contributed by atoms with Crippen molar-refractivity contribution in [2.45, 2.75) is 13.8 Å². The first kappa shape index (κ1) is 10.7. The minimum atomic E-state index is 0.679. The first-order chi connectivity index (χ1) is 7.69. The van der Waals surface area contributed by atoms with Gasteiger partial charge in [0.15, 0.2) is 5.13 Å². The summed E-state index contributed by atoms with van der Waals surface area (Å²) in [6.45, 7) is 4.00. The van der Waals surface area contributed by atoms with Gasteiger partial charge in [-0.2, -0.15) is 5.26 Å². The summed E-state index contributed by atoms with van der Waals surface area (Å²) in [5.74, 6) is 0. The van der Waals surface area contributed by atoms with E-state index >= 15 is 0 Å². The Labute approximate surface area is 98.4 Å². The number of aromatic nitrogens is 1. The fraction of sp³-hybridized carbons (Fsp3) is 0.167. The Morgan fingerprint density at radius 3 is 2.75 bits per heavy atom. The van der Waals surface area contributed by atoms with Crippen LogP contribution in [0.1, 0.15) is 16.0 Å². The SMILES string of the molecule is Cc1cnc(Nc2ccc(C#N)cc2C)s1. The van der Waals surface area contributed by atoms with Gasteiger partial charge < -0.3 is 5.32 Å². The van der Waals surface area contributed by atoms with Crippen molar-refractivity contribution in [3.63, 3.8) is 0 Å². The van der Waals surface area contributed by atoms with Gasteiger partial charge in [-0.1, -0.05) is 0 Å². The number of aryl methyl sites for hydroxylation is 2. The molecule has 1 heterocycles. The third-order valence-electron chi connectivity index (χ3n) is 2.22. The molecule has 0 saturated carbocycles. The molecule has 0 radical (unpaired) electrons. The zero-order chi connectivity index (χ0) is 11.5. The van der Waals surface area contributed by atoms with Crippen LogP contribution in [0.2, 0.25) is 0 Å². The molecule has 0 amide bonds. The standard InChI is InChI=1S/C12H11N3S/c1-8-5-10(6-13)3-4-11(8)15-12-14-7-9(2)16-12/h3-5,7H,1-2H3,(H,14,15). The average molecular weight is 229 g/mol. The lowest BCUT2D eigenvalue weighted by Gasteiger charge is -2.06. The maximum absolute atomic E-state index is 8.77. The van der Waals surface area contributed by atoms with Crippen molar-refractivity contribution in [1.82, 2.24) is 4.98 Å². The van der Waals surface area contributed by atoms with Crippen molar-refractivity contribution in [3.8, 4) is 6.07 Å². The van der Waals surface area contributed by atoms with Gasteiger partial charge in [0, 0.05) is 16.8 Å². The molecule has 1 aromatic heterocycles. The largest absolute Gasteiger partial charge is 0.331 e. The average Bonchev–Trinajstić information content (AvgIpc) is 2.67. The minimum absolute atomic E-state index is 0.679. The molecule has 16 heavy (non-hydrogen) atoms. The Morgan fingerprint density at radius 2 is 2.19 bits per heavy atom. The van der Waals surface area contributed by atoms with E-state index in [1.54, 1.807) is 17.4 Å².